The van der Waals surface area contributed by atoms with E-state index in [1.807, 2.05) is 0 Å². The lowest BCUT2D eigenvalue weighted by molar-refractivity contribution is -0.122. The zero-order chi connectivity index (χ0) is 22.9. The molecule has 0 aliphatic carbocycles. The van der Waals surface area contributed by atoms with Crippen molar-refractivity contribution in [3.63, 3.8) is 0 Å². The predicted molar refractivity (Wildman–Crippen MR) is 136 cm³/mol. The van der Waals surface area contributed by atoms with E-state index in [9.17, 15) is 4.79 Å². The molecular weight excluding hydrogens is 404 g/mol. The van der Waals surface area contributed by atoms with Gasteiger partial charge in [0.05, 0.1) is 6.04 Å². The molecule has 1 fully saturated rings. The summed E-state index contributed by atoms with van der Waals surface area (Å²) in [7, 11) is 2.23. The molecule has 0 spiro atoms. The van der Waals surface area contributed by atoms with E-state index in [1.165, 1.54) is 34.0 Å². The first-order valence-corrected chi connectivity index (χ1v) is 12.7. The van der Waals surface area contributed by atoms with Gasteiger partial charge in [0.2, 0.25) is 0 Å². The molecule has 2 aliphatic heterocycles. The number of rotatable bonds is 7. The minimum atomic E-state index is 0.0588. The highest BCUT2D eigenvalue weighted by Crippen LogP contribution is 2.51. The van der Waals surface area contributed by atoms with Crippen LogP contribution in [0.25, 0.3) is 10.9 Å². The third kappa shape index (κ3) is 3.77. The maximum atomic E-state index is 12.7. The van der Waals surface area contributed by atoms with E-state index in [4.69, 9.17) is 0 Å². The molecule has 5 atom stereocenters. The average Bonchev–Trinajstić information content (AvgIpc) is 3.12. The fraction of sp³-hybridized carbons (Fsp3) is 0.433. The monoisotopic (exact) mass is 440 g/mol. The second kappa shape index (κ2) is 9.30. The van der Waals surface area contributed by atoms with Crippen LogP contribution < -0.4 is 0 Å². The van der Waals surface area contributed by atoms with E-state index < -0.39 is 0 Å². The Hall–Kier alpha value is -2.65. The van der Waals surface area contributed by atoms with Crippen molar-refractivity contribution >= 4 is 17.2 Å². The molecular formula is C30H36N2O. The number of aryl methyl sites for hydroxylation is 1. The first-order valence-electron chi connectivity index (χ1n) is 12.7. The molecule has 2 bridgehead atoms. The highest BCUT2D eigenvalue weighted by Gasteiger charge is 2.49. The first-order chi connectivity index (χ1) is 16.2. The van der Waals surface area contributed by atoms with Crippen molar-refractivity contribution in [3.8, 4) is 0 Å². The smallest absolute Gasteiger partial charge is 0.124 e. The molecule has 5 rings (SSSR count). The second-order valence-corrected chi connectivity index (χ2v) is 9.91. The van der Waals surface area contributed by atoms with E-state index in [0.717, 1.165) is 32.2 Å². The summed E-state index contributed by atoms with van der Waals surface area (Å²) >= 11 is 0. The van der Waals surface area contributed by atoms with Crippen molar-refractivity contribution in [1.82, 2.24) is 9.47 Å². The molecule has 0 saturated carbocycles. The van der Waals surface area contributed by atoms with Crippen LogP contribution >= 0.6 is 0 Å². The number of allylic oxidation sites excluding steroid dienone is 2. The normalized spacial score (nSPS) is 25.9. The second-order valence-electron chi connectivity index (χ2n) is 9.91. The molecule has 0 amide bonds. The number of nitrogens with zero attached hydrogens (tertiary/aromatic N) is 2. The van der Waals surface area contributed by atoms with Crippen LogP contribution in [0.15, 0.2) is 66.7 Å². The minimum Gasteiger partial charge on any atom is -0.346 e. The van der Waals surface area contributed by atoms with Crippen molar-refractivity contribution < 1.29 is 4.79 Å². The number of aldehydes is 1. The number of benzene rings is 2. The average molecular weight is 441 g/mol. The van der Waals surface area contributed by atoms with Crippen molar-refractivity contribution in [1.29, 1.82) is 0 Å². The maximum absolute atomic E-state index is 12.7. The first kappa shape index (κ1) is 22.2. The lowest BCUT2D eigenvalue weighted by Crippen LogP contribution is -2.55. The van der Waals surface area contributed by atoms with Crippen LogP contribution in [0.5, 0.6) is 0 Å². The van der Waals surface area contributed by atoms with Gasteiger partial charge < -0.3 is 9.36 Å². The number of piperidine rings is 1. The predicted octanol–water partition coefficient (Wildman–Crippen LogP) is 6.47. The van der Waals surface area contributed by atoms with Crippen LogP contribution in [0.3, 0.4) is 0 Å². The fourth-order valence-electron chi connectivity index (χ4n) is 6.72. The Balaban J connectivity index is 1.63. The molecule has 0 unspecified atom stereocenters. The standard InChI is InChI=1S/C30H36N2O/c1-4-6-14-22(5-2)24-17-29-30-25(23-15-10-11-16-27(23)31(30)3)18-28(26(24)20-33)32(29)19-21-12-8-7-9-13-21/h6-16,20,22,24,26,28-29H,4-5,17-19H2,1-3H3/b14-6+/t22-,24-,26-,28-,29-/m0/s1. The molecule has 1 aromatic heterocycles. The largest absolute Gasteiger partial charge is 0.346 e. The van der Waals surface area contributed by atoms with Crippen molar-refractivity contribution in [2.45, 2.75) is 58.2 Å². The van der Waals surface area contributed by atoms with Gasteiger partial charge in [-0.05, 0) is 54.7 Å². The lowest BCUT2D eigenvalue weighted by atomic mass is 9.65. The molecule has 2 aliphatic rings. The summed E-state index contributed by atoms with van der Waals surface area (Å²) < 4.78 is 2.44. The van der Waals surface area contributed by atoms with Gasteiger partial charge in [-0.1, -0.05) is 74.5 Å². The van der Waals surface area contributed by atoms with E-state index in [1.54, 1.807) is 0 Å². The number of carbonyl (C=O) groups excluding carboxylic acids is 1. The van der Waals surface area contributed by atoms with E-state index in [0.29, 0.717) is 17.9 Å². The van der Waals surface area contributed by atoms with Crippen LogP contribution in [-0.2, 0) is 24.8 Å². The van der Waals surface area contributed by atoms with Gasteiger partial charge >= 0.3 is 0 Å². The van der Waals surface area contributed by atoms with Gasteiger partial charge in [0.15, 0.2) is 0 Å². The molecule has 3 aromatic rings. The van der Waals surface area contributed by atoms with E-state index >= 15 is 0 Å². The lowest BCUT2D eigenvalue weighted by Gasteiger charge is -2.53. The Morgan fingerprint density at radius 3 is 2.55 bits per heavy atom. The topological polar surface area (TPSA) is 25.2 Å². The number of hydrogen-bond donors (Lipinski definition) is 0. The highest BCUT2D eigenvalue weighted by atomic mass is 16.1. The third-order valence-corrected chi connectivity index (χ3v) is 8.26. The van der Waals surface area contributed by atoms with Crippen LogP contribution in [0, 0.1) is 17.8 Å². The summed E-state index contributed by atoms with van der Waals surface area (Å²) in [5, 5.41) is 1.37. The van der Waals surface area contributed by atoms with Crippen LogP contribution in [0.1, 0.15) is 56.0 Å². The number of para-hydroxylation sites is 1. The quantitative estimate of drug-likeness (QED) is 0.311. The summed E-state index contributed by atoms with van der Waals surface area (Å²) in [6.07, 6.45) is 10.1. The van der Waals surface area contributed by atoms with Crippen molar-refractivity contribution in [2.75, 3.05) is 0 Å². The Morgan fingerprint density at radius 1 is 1.06 bits per heavy atom. The van der Waals surface area contributed by atoms with Gasteiger partial charge in [0, 0.05) is 42.1 Å². The van der Waals surface area contributed by atoms with Crippen molar-refractivity contribution in [3.05, 3.63) is 83.6 Å². The molecule has 0 N–H and O–H groups in total. The van der Waals surface area contributed by atoms with Gasteiger partial charge in [0.1, 0.15) is 6.29 Å². The zero-order valence-electron chi connectivity index (χ0n) is 20.2. The third-order valence-electron chi connectivity index (χ3n) is 8.26. The Morgan fingerprint density at radius 2 is 1.82 bits per heavy atom. The number of fused-ring (bicyclic) bond motifs is 6. The molecule has 0 radical (unpaired) electrons. The summed E-state index contributed by atoms with van der Waals surface area (Å²) in [6, 6.07) is 20.2. The molecule has 3 heteroatoms. The number of hydrogen-bond acceptors (Lipinski definition) is 2. The molecule has 2 aromatic carbocycles. The Labute approximate surface area is 198 Å². The zero-order valence-corrected chi connectivity index (χ0v) is 20.2. The number of aromatic nitrogens is 1. The van der Waals surface area contributed by atoms with Crippen LogP contribution in [0.4, 0.5) is 0 Å². The summed E-state index contributed by atoms with van der Waals surface area (Å²) in [4.78, 5) is 15.3. The van der Waals surface area contributed by atoms with E-state index in [-0.39, 0.29) is 12.0 Å². The van der Waals surface area contributed by atoms with Crippen LogP contribution in [-0.4, -0.2) is 21.8 Å². The van der Waals surface area contributed by atoms with Gasteiger partial charge in [-0.15, -0.1) is 0 Å². The summed E-state index contributed by atoms with van der Waals surface area (Å²) in [5.74, 6) is 0.910. The van der Waals surface area contributed by atoms with Crippen molar-refractivity contribution in [2.24, 2.45) is 24.8 Å². The van der Waals surface area contributed by atoms with E-state index in [2.05, 4.69) is 97.1 Å². The summed E-state index contributed by atoms with van der Waals surface area (Å²) in [5.41, 5.74) is 5.57. The molecule has 3 heterocycles. The highest BCUT2D eigenvalue weighted by molar-refractivity contribution is 5.86. The summed E-state index contributed by atoms with van der Waals surface area (Å²) in [6.45, 7) is 5.37. The fourth-order valence-corrected chi connectivity index (χ4v) is 6.72. The molecule has 172 valence electrons. The van der Waals surface area contributed by atoms with Gasteiger partial charge in [0.25, 0.3) is 0 Å². The van der Waals surface area contributed by atoms with Gasteiger partial charge in [-0.25, -0.2) is 0 Å². The van der Waals surface area contributed by atoms with Gasteiger partial charge in [-0.2, -0.15) is 0 Å². The maximum Gasteiger partial charge on any atom is 0.124 e. The Kier molecular flexibility index (Phi) is 6.25. The molecule has 3 nitrogen and oxygen atoms in total. The molecule has 1 saturated heterocycles. The molecule has 33 heavy (non-hydrogen) atoms. The SMILES string of the molecule is CC/C=C/[C@H](CC)[C@@H]1C[C@H]2c3c(c4ccccc4n3C)C[C@@H]([C@H]1C=O)N2Cc1ccccc1. The number of carbonyl (C=O) groups is 1. The van der Waals surface area contributed by atoms with Crippen LogP contribution in [0.2, 0.25) is 0 Å². The Bertz CT molecular complexity index is 1140. The minimum absolute atomic E-state index is 0.0588. The van der Waals surface area contributed by atoms with Gasteiger partial charge in [-0.3, -0.25) is 4.90 Å².